The molecule has 1 atom stereocenters. The molecule has 2 aliphatic heterocycles. The summed E-state index contributed by atoms with van der Waals surface area (Å²) < 4.78 is 52.1. The van der Waals surface area contributed by atoms with Gasteiger partial charge in [0.2, 0.25) is 5.95 Å². The summed E-state index contributed by atoms with van der Waals surface area (Å²) in [5.41, 5.74) is 1.26. The van der Waals surface area contributed by atoms with E-state index in [0.717, 1.165) is 11.8 Å². The van der Waals surface area contributed by atoms with Crippen LogP contribution in [0.4, 0.5) is 30.6 Å². The van der Waals surface area contributed by atoms with Crippen LogP contribution in [0.5, 0.6) is 5.75 Å². The zero-order valence-corrected chi connectivity index (χ0v) is 18.6. The van der Waals surface area contributed by atoms with E-state index in [4.69, 9.17) is 14.3 Å². The first-order valence-corrected chi connectivity index (χ1v) is 10.9. The summed E-state index contributed by atoms with van der Waals surface area (Å²) in [6, 6.07) is 11.9. The lowest BCUT2D eigenvalue weighted by Gasteiger charge is -2.26. The van der Waals surface area contributed by atoms with Crippen molar-refractivity contribution in [3.63, 3.8) is 0 Å². The van der Waals surface area contributed by atoms with Crippen LogP contribution in [0.1, 0.15) is 39.5 Å². The number of methoxy groups -OCH3 is 1. The van der Waals surface area contributed by atoms with Crippen molar-refractivity contribution in [2.45, 2.75) is 25.1 Å². The molecule has 0 amide bonds. The largest absolute Gasteiger partial charge is 0.491 e. The number of hydrogen-bond donors (Lipinski definition) is 1. The van der Waals surface area contributed by atoms with Gasteiger partial charge in [-0.15, -0.1) is 0 Å². The highest BCUT2D eigenvalue weighted by atomic mass is 19.4. The van der Waals surface area contributed by atoms with Crippen molar-refractivity contribution in [2.75, 3.05) is 30.7 Å². The Hall–Kier alpha value is -3.86. The fraction of sp³-hybridized carbons (Fsp3) is 0.292. The van der Waals surface area contributed by atoms with Crippen LogP contribution in [0.3, 0.4) is 0 Å². The summed E-state index contributed by atoms with van der Waals surface area (Å²) in [6.45, 7) is 0.609. The number of nitrogens with one attached hydrogen (secondary N) is 1. The number of ether oxygens (including phenoxy) is 2. The van der Waals surface area contributed by atoms with Gasteiger partial charge in [-0.3, -0.25) is 4.84 Å². The number of hydroxylamine groups is 1. The third-order valence-corrected chi connectivity index (χ3v) is 5.88. The van der Waals surface area contributed by atoms with Gasteiger partial charge >= 0.3 is 12.1 Å². The third kappa shape index (κ3) is 4.34. The van der Waals surface area contributed by atoms with Gasteiger partial charge in [0.1, 0.15) is 11.3 Å². The fourth-order valence-electron chi connectivity index (χ4n) is 4.27. The molecule has 0 saturated carbocycles. The van der Waals surface area contributed by atoms with Crippen molar-refractivity contribution in [2.24, 2.45) is 0 Å². The lowest BCUT2D eigenvalue weighted by atomic mass is 10.0. The Morgan fingerprint density at radius 1 is 1.17 bits per heavy atom. The summed E-state index contributed by atoms with van der Waals surface area (Å²) in [6.07, 6.45) is -2.95. The molecule has 0 bridgehead atoms. The molecular formula is C24H21F3N4O4. The van der Waals surface area contributed by atoms with Crippen LogP contribution in [0.2, 0.25) is 0 Å². The van der Waals surface area contributed by atoms with Crippen molar-refractivity contribution in [3.05, 3.63) is 70.9 Å². The first-order valence-electron chi connectivity index (χ1n) is 10.9. The molecule has 0 radical (unpaired) electrons. The molecule has 1 N–H and O–H groups in total. The molecule has 2 aliphatic rings. The second-order valence-electron chi connectivity index (χ2n) is 7.99. The maximum atomic E-state index is 13.9. The molecule has 5 rings (SSSR count). The van der Waals surface area contributed by atoms with Crippen LogP contribution in [-0.4, -0.2) is 36.3 Å². The predicted molar refractivity (Wildman–Crippen MR) is 120 cm³/mol. The van der Waals surface area contributed by atoms with Crippen molar-refractivity contribution in [1.29, 1.82) is 0 Å². The number of aromatic nitrogens is 2. The number of benzene rings is 2. The summed E-state index contributed by atoms with van der Waals surface area (Å²) >= 11 is 0. The first-order chi connectivity index (χ1) is 16.9. The van der Waals surface area contributed by atoms with Crippen molar-refractivity contribution in [1.82, 2.24) is 9.97 Å². The number of hydrogen-bond acceptors (Lipinski definition) is 8. The van der Waals surface area contributed by atoms with E-state index in [2.05, 4.69) is 15.3 Å². The van der Waals surface area contributed by atoms with Gasteiger partial charge in [0.25, 0.3) is 0 Å². The molecule has 1 saturated heterocycles. The van der Waals surface area contributed by atoms with Crippen molar-refractivity contribution < 1.29 is 32.3 Å². The molecule has 0 aliphatic carbocycles. The Morgan fingerprint density at radius 2 is 1.97 bits per heavy atom. The minimum absolute atomic E-state index is 0.0705. The predicted octanol–water partition coefficient (Wildman–Crippen LogP) is 4.84. The standard InChI is InChI=1S/C24H21F3N4O4/c1-33-22(32)16-7-8-18(20-15(16)9-11-34-20)29-23-28-13-17(24(25,26)27)21(30-23)31-19(10-12-35-31)14-5-3-2-4-6-14/h2-8,13,19H,9-12H2,1H3,(H,28,29,30)/t19-/m0/s1. The molecule has 0 spiro atoms. The van der Waals surface area contributed by atoms with Gasteiger partial charge in [-0.25, -0.2) is 14.8 Å². The summed E-state index contributed by atoms with van der Waals surface area (Å²) in [7, 11) is 1.29. The average molecular weight is 486 g/mol. The van der Waals surface area contributed by atoms with Crippen LogP contribution in [-0.2, 0) is 22.2 Å². The van der Waals surface area contributed by atoms with Gasteiger partial charge in [-0.2, -0.15) is 18.2 Å². The second kappa shape index (κ2) is 9.06. The van der Waals surface area contributed by atoms with E-state index in [1.54, 1.807) is 12.1 Å². The molecule has 3 aromatic rings. The lowest BCUT2D eigenvalue weighted by molar-refractivity contribution is -0.138. The normalized spacial score (nSPS) is 17.1. The molecule has 2 aromatic carbocycles. The Bertz CT molecular complexity index is 1250. The Kier molecular flexibility index (Phi) is 5.93. The summed E-state index contributed by atoms with van der Waals surface area (Å²) in [5.74, 6) is -0.536. The number of halogens is 3. The van der Waals surface area contributed by atoms with Crippen LogP contribution in [0.25, 0.3) is 0 Å². The zero-order valence-electron chi connectivity index (χ0n) is 18.6. The number of esters is 1. The van der Waals surface area contributed by atoms with Gasteiger partial charge < -0.3 is 14.8 Å². The number of alkyl halides is 3. The van der Waals surface area contributed by atoms with Gasteiger partial charge in [-0.05, 0) is 17.7 Å². The first kappa shape index (κ1) is 22.9. The fourth-order valence-corrected chi connectivity index (χ4v) is 4.27. The minimum atomic E-state index is -4.69. The third-order valence-electron chi connectivity index (χ3n) is 5.88. The summed E-state index contributed by atoms with van der Waals surface area (Å²) in [5, 5.41) is 4.14. The Balaban J connectivity index is 1.52. The number of fused-ring (bicyclic) bond motifs is 1. The number of carbonyl (C=O) groups excluding carboxylic acids is 1. The smallest absolute Gasteiger partial charge is 0.421 e. The Labute approximate surface area is 198 Å². The molecule has 3 heterocycles. The molecule has 11 heteroatoms. The maximum absolute atomic E-state index is 13.9. The highest BCUT2D eigenvalue weighted by Crippen LogP contribution is 2.42. The van der Waals surface area contributed by atoms with E-state index in [-0.39, 0.29) is 18.4 Å². The Morgan fingerprint density at radius 3 is 2.71 bits per heavy atom. The molecule has 35 heavy (non-hydrogen) atoms. The quantitative estimate of drug-likeness (QED) is 0.513. The van der Waals surface area contributed by atoms with Gasteiger partial charge in [0.15, 0.2) is 5.82 Å². The van der Waals surface area contributed by atoms with Crippen LogP contribution >= 0.6 is 0 Å². The molecule has 1 fully saturated rings. The highest BCUT2D eigenvalue weighted by molar-refractivity contribution is 5.93. The van der Waals surface area contributed by atoms with E-state index < -0.39 is 23.8 Å². The van der Waals surface area contributed by atoms with Crippen molar-refractivity contribution >= 4 is 23.4 Å². The minimum Gasteiger partial charge on any atom is -0.491 e. The SMILES string of the molecule is COC(=O)c1ccc(Nc2ncc(C(F)(F)F)c(N3OCC[C@H]3c3ccccc3)n2)c2c1CCO2. The lowest BCUT2D eigenvalue weighted by Crippen LogP contribution is -2.26. The molecule has 0 unspecified atom stereocenters. The number of anilines is 3. The average Bonchev–Trinajstić information content (AvgIpc) is 3.54. The van der Waals surface area contributed by atoms with E-state index in [0.29, 0.717) is 42.0 Å². The van der Waals surface area contributed by atoms with Gasteiger partial charge in [0, 0.05) is 24.6 Å². The molecule has 1 aromatic heterocycles. The maximum Gasteiger partial charge on any atom is 0.421 e. The monoisotopic (exact) mass is 486 g/mol. The molecule has 182 valence electrons. The zero-order chi connectivity index (χ0) is 24.6. The van der Waals surface area contributed by atoms with E-state index in [1.165, 1.54) is 12.2 Å². The van der Waals surface area contributed by atoms with Crippen LogP contribution < -0.4 is 15.1 Å². The van der Waals surface area contributed by atoms with Crippen LogP contribution in [0.15, 0.2) is 48.7 Å². The number of nitrogens with zero attached hydrogens (tertiary/aromatic N) is 3. The number of rotatable bonds is 5. The molecule has 8 nitrogen and oxygen atoms in total. The van der Waals surface area contributed by atoms with Crippen molar-refractivity contribution in [3.8, 4) is 5.75 Å². The summed E-state index contributed by atoms with van der Waals surface area (Å²) in [4.78, 5) is 25.8. The van der Waals surface area contributed by atoms with E-state index in [9.17, 15) is 18.0 Å². The second-order valence-corrected chi connectivity index (χ2v) is 7.99. The van der Waals surface area contributed by atoms with E-state index in [1.807, 2.05) is 30.3 Å². The topological polar surface area (TPSA) is 85.8 Å². The highest BCUT2D eigenvalue weighted by Gasteiger charge is 2.40. The van der Waals surface area contributed by atoms with E-state index >= 15 is 0 Å². The molecular weight excluding hydrogens is 465 g/mol. The van der Waals surface area contributed by atoms with Crippen LogP contribution in [0, 0.1) is 0 Å². The van der Waals surface area contributed by atoms with Gasteiger partial charge in [-0.1, -0.05) is 30.3 Å². The number of carbonyl (C=O) groups is 1. The van der Waals surface area contributed by atoms with Gasteiger partial charge in [0.05, 0.1) is 37.6 Å².